The van der Waals surface area contributed by atoms with Crippen molar-refractivity contribution < 1.29 is 13.2 Å². The Balaban J connectivity index is 1.81. The molecule has 0 aliphatic carbocycles. The van der Waals surface area contributed by atoms with E-state index in [4.69, 9.17) is 23.2 Å². The van der Waals surface area contributed by atoms with Crippen molar-refractivity contribution in [3.63, 3.8) is 0 Å². The van der Waals surface area contributed by atoms with E-state index in [1.807, 2.05) is 4.90 Å². The molecule has 0 bridgehead atoms. The summed E-state index contributed by atoms with van der Waals surface area (Å²) in [6.45, 7) is 4.48. The number of anilines is 1. The molecule has 1 aliphatic heterocycles. The monoisotopic (exact) mass is 483 g/mol. The number of carbonyl (C=O) groups is 1. The van der Waals surface area contributed by atoms with Gasteiger partial charge in [0.2, 0.25) is 0 Å². The summed E-state index contributed by atoms with van der Waals surface area (Å²) in [6.07, 6.45) is 3.96. The molecule has 0 saturated carbocycles. The van der Waals surface area contributed by atoms with Gasteiger partial charge in [-0.2, -0.15) is 0 Å². The minimum absolute atomic E-state index is 0.00292. The first kappa shape index (κ1) is 23.9. The Morgan fingerprint density at radius 3 is 2.74 bits per heavy atom. The number of benzene rings is 2. The van der Waals surface area contributed by atoms with Crippen LogP contribution < -0.4 is 10.0 Å². The number of rotatable bonds is 7. The number of nitrogens with one attached hydrogen (secondary N) is 2. The molecule has 1 saturated heterocycles. The van der Waals surface area contributed by atoms with Gasteiger partial charge in [-0.3, -0.25) is 9.52 Å². The number of sulfonamides is 1. The number of hydrogen-bond acceptors (Lipinski definition) is 4. The Morgan fingerprint density at radius 2 is 2.00 bits per heavy atom. The predicted octanol–water partition coefficient (Wildman–Crippen LogP) is 4.79. The van der Waals surface area contributed by atoms with Crippen LogP contribution in [0.2, 0.25) is 10.0 Å². The van der Waals surface area contributed by atoms with Gasteiger partial charge < -0.3 is 10.2 Å². The molecule has 6 nitrogen and oxygen atoms in total. The zero-order valence-corrected chi connectivity index (χ0v) is 19.7. The zero-order chi connectivity index (χ0) is 22.4. The molecule has 2 aromatic carbocycles. The second kappa shape index (κ2) is 10.7. The van der Waals surface area contributed by atoms with Gasteiger partial charge in [-0.15, -0.1) is 0 Å². The van der Waals surface area contributed by atoms with Gasteiger partial charge in [0.25, 0.3) is 15.9 Å². The van der Waals surface area contributed by atoms with Crippen LogP contribution in [0.1, 0.15) is 43.0 Å². The molecule has 1 atom stereocenters. The highest BCUT2D eigenvalue weighted by Crippen LogP contribution is 2.26. The first-order valence-corrected chi connectivity index (χ1v) is 12.7. The van der Waals surface area contributed by atoms with Gasteiger partial charge in [0, 0.05) is 30.4 Å². The van der Waals surface area contributed by atoms with Crippen LogP contribution in [0.15, 0.2) is 47.4 Å². The van der Waals surface area contributed by atoms with Crippen molar-refractivity contribution in [1.82, 2.24) is 10.2 Å². The summed E-state index contributed by atoms with van der Waals surface area (Å²) >= 11 is 11.8. The van der Waals surface area contributed by atoms with Crippen LogP contribution in [0, 0.1) is 0 Å². The Labute approximate surface area is 194 Å². The quantitative estimate of drug-likeness (QED) is 0.593. The van der Waals surface area contributed by atoms with Crippen LogP contribution in [0.4, 0.5) is 5.69 Å². The molecule has 9 heteroatoms. The summed E-state index contributed by atoms with van der Waals surface area (Å²) in [4.78, 5) is 15.2. The molecule has 2 aromatic rings. The molecule has 1 fully saturated rings. The lowest BCUT2D eigenvalue weighted by Gasteiger charge is -2.30. The SMILES string of the molecule is CCCCC1CNCCCN1C(=O)c1cccc(NS(=O)(=O)c2ccc(Cl)c(Cl)c2)c1. The molecular formula is C22H27Cl2N3O3S. The summed E-state index contributed by atoms with van der Waals surface area (Å²) in [6, 6.07) is 10.8. The Morgan fingerprint density at radius 1 is 1.19 bits per heavy atom. The topological polar surface area (TPSA) is 78.5 Å². The lowest BCUT2D eigenvalue weighted by molar-refractivity contribution is 0.0682. The molecule has 168 valence electrons. The van der Waals surface area contributed by atoms with Crippen molar-refractivity contribution >= 4 is 44.8 Å². The van der Waals surface area contributed by atoms with Crippen molar-refractivity contribution in [1.29, 1.82) is 0 Å². The fourth-order valence-corrected chi connectivity index (χ4v) is 5.08. The minimum atomic E-state index is -3.88. The maximum absolute atomic E-state index is 13.3. The first-order chi connectivity index (χ1) is 14.8. The lowest BCUT2D eigenvalue weighted by Crippen LogP contribution is -2.43. The van der Waals surface area contributed by atoms with E-state index in [0.29, 0.717) is 17.8 Å². The molecule has 0 aromatic heterocycles. The number of nitrogens with zero attached hydrogens (tertiary/aromatic N) is 1. The van der Waals surface area contributed by atoms with Crippen LogP contribution in [-0.2, 0) is 10.0 Å². The second-order valence-corrected chi connectivity index (χ2v) is 10.1. The molecule has 1 aliphatic rings. The maximum Gasteiger partial charge on any atom is 0.261 e. The van der Waals surface area contributed by atoms with Crippen molar-refractivity contribution in [2.75, 3.05) is 24.4 Å². The van der Waals surface area contributed by atoms with Crippen LogP contribution in [0.5, 0.6) is 0 Å². The Bertz CT molecular complexity index is 1030. The second-order valence-electron chi connectivity index (χ2n) is 7.61. The average Bonchev–Trinajstić information content (AvgIpc) is 2.99. The summed E-state index contributed by atoms with van der Waals surface area (Å²) in [5.74, 6) is -0.0830. The summed E-state index contributed by atoms with van der Waals surface area (Å²) in [7, 11) is -3.88. The van der Waals surface area contributed by atoms with Gasteiger partial charge in [-0.05, 0) is 55.8 Å². The first-order valence-electron chi connectivity index (χ1n) is 10.4. The predicted molar refractivity (Wildman–Crippen MR) is 126 cm³/mol. The molecule has 1 amide bonds. The zero-order valence-electron chi connectivity index (χ0n) is 17.4. The van der Waals surface area contributed by atoms with Gasteiger partial charge in [0.15, 0.2) is 0 Å². The summed E-state index contributed by atoms with van der Waals surface area (Å²) in [5.41, 5.74) is 0.771. The molecule has 1 unspecified atom stereocenters. The highest BCUT2D eigenvalue weighted by atomic mass is 35.5. The number of carbonyl (C=O) groups excluding carboxylic acids is 1. The van der Waals surface area contributed by atoms with Gasteiger partial charge in [-0.25, -0.2) is 8.42 Å². The summed E-state index contributed by atoms with van der Waals surface area (Å²) < 4.78 is 28.0. The molecule has 2 N–H and O–H groups in total. The number of hydrogen-bond donors (Lipinski definition) is 2. The van der Waals surface area contributed by atoms with E-state index in [-0.39, 0.29) is 26.9 Å². The Kier molecular flexibility index (Phi) is 8.22. The van der Waals surface area contributed by atoms with E-state index < -0.39 is 10.0 Å². The number of amides is 1. The third kappa shape index (κ3) is 6.13. The van der Waals surface area contributed by atoms with E-state index >= 15 is 0 Å². The van der Waals surface area contributed by atoms with Gasteiger partial charge in [0.05, 0.1) is 14.9 Å². The van der Waals surface area contributed by atoms with E-state index in [1.54, 1.807) is 24.3 Å². The largest absolute Gasteiger partial charge is 0.334 e. The standard InChI is InChI=1S/C22H27Cl2N3O3S/c1-2-3-8-18-15-25-11-5-12-27(18)22(28)16-6-4-7-17(13-16)26-31(29,30)19-9-10-20(23)21(24)14-19/h4,6-7,9-10,13-14,18,25-26H,2-3,5,8,11-12,15H2,1H3. The van der Waals surface area contributed by atoms with Crippen LogP contribution in [0.25, 0.3) is 0 Å². The highest BCUT2D eigenvalue weighted by molar-refractivity contribution is 7.92. The fraction of sp³-hybridized carbons (Fsp3) is 0.409. The molecule has 0 spiro atoms. The Hall–Kier alpha value is -1.80. The fourth-order valence-electron chi connectivity index (χ4n) is 3.64. The molecular weight excluding hydrogens is 457 g/mol. The normalized spacial score (nSPS) is 17.3. The third-order valence-corrected chi connectivity index (χ3v) is 7.41. The van der Waals surface area contributed by atoms with E-state index in [9.17, 15) is 13.2 Å². The molecule has 1 heterocycles. The third-order valence-electron chi connectivity index (χ3n) is 5.29. The molecule has 0 radical (unpaired) electrons. The van der Waals surface area contributed by atoms with Crippen molar-refractivity contribution in [3.8, 4) is 0 Å². The van der Waals surface area contributed by atoms with E-state index in [2.05, 4.69) is 17.0 Å². The van der Waals surface area contributed by atoms with Crippen molar-refractivity contribution in [3.05, 3.63) is 58.1 Å². The van der Waals surface area contributed by atoms with Gasteiger partial charge in [0.1, 0.15) is 0 Å². The number of unbranched alkanes of at least 4 members (excludes halogenated alkanes) is 1. The highest BCUT2D eigenvalue weighted by Gasteiger charge is 2.26. The van der Waals surface area contributed by atoms with Crippen LogP contribution in [0.3, 0.4) is 0 Å². The van der Waals surface area contributed by atoms with Crippen molar-refractivity contribution in [2.24, 2.45) is 0 Å². The van der Waals surface area contributed by atoms with Crippen LogP contribution >= 0.6 is 23.2 Å². The van der Waals surface area contributed by atoms with Gasteiger partial charge >= 0.3 is 0 Å². The maximum atomic E-state index is 13.3. The van der Waals surface area contributed by atoms with E-state index in [1.165, 1.54) is 18.2 Å². The number of halogens is 2. The van der Waals surface area contributed by atoms with Crippen LogP contribution in [-0.4, -0.2) is 44.9 Å². The summed E-state index contributed by atoms with van der Waals surface area (Å²) in [5, 5.41) is 3.84. The van der Waals surface area contributed by atoms with Crippen molar-refractivity contribution in [2.45, 2.75) is 43.5 Å². The molecule has 3 rings (SSSR count). The van der Waals surface area contributed by atoms with E-state index in [0.717, 1.165) is 38.8 Å². The molecule has 31 heavy (non-hydrogen) atoms. The lowest BCUT2D eigenvalue weighted by atomic mass is 10.1. The minimum Gasteiger partial charge on any atom is -0.334 e. The average molecular weight is 484 g/mol. The smallest absolute Gasteiger partial charge is 0.261 e. The van der Waals surface area contributed by atoms with Gasteiger partial charge in [-0.1, -0.05) is 49.0 Å².